The first-order chi connectivity index (χ1) is 12.2. The van der Waals surface area contributed by atoms with Gasteiger partial charge >= 0.3 is 11.3 Å². The number of ether oxygens (including phenoxy) is 2. The first kappa shape index (κ1) is 18.4. The van der Waals surface area contributed by atoms with Crippen LogP contribution in [0.1, 0.15) is 16.9 Å². The van der Waals surface area contributed by atoms with E-state index in [-0.39, 0.29) is 18.2 Å². The van der Waals surface area contributed by atoms with Gasteiger partial charge in [0.15, 0.2) is 0 Å². The number of fused-ring (bicyclic) bond motifs is 2. The van der Waals surface area contributed by atoms with Crippen molar-refractivity contribution >= 4 is 46.1 Å². The number of aromatic hydroxyl groups is 1. The first-order valence-electron chi connectivity index (χ1n) is 7.85. The Labute approximate surface area is 161 Å². The topological polar surface area (TPSA) is 50.0 Å². The maximum absolute atomic E-state index is 10.2. The van der Waals surface area contributed by atoms with Crippen LogP contribution in [0.2, 0.25) is 0 Å². The van der Waals surface area contributed by atoms with Crippen molar-refractivity contribution < 1.29 is 19.0 Å². The van der Waals surface area contributed by atoms with Crippen molar-refractivity contribution in [2.24, 2.45) is 0 Å². The molecule has 0 fully saturated rings. The van der Waals surface area contributed by atoms with Crippen molar-refractivity contribution in [1.82, 2.24) is 0 Å². The van der Waals surface area contributed by atoms with Crippen molar-refractivity contribution in [3.05, 3.63) is 59.4 Å². The second-order valence-corrected chi connectivity index (χ2v) is 6.68. The maximum atomic E-state index is 10.2. The van der Waals surface area contributed by atoms with Crippen LogP contribution in [0.25, 0.3) is 22.0 Å². The van der Waals surface area contributed by atoms with Gasteiger partial charge in [-0.05, 0) is 36.4 Å². The molecular formula is C20H18ClO4S+. The lowest BCUT2D eigenvalue weighted by Gasteiger charge is -2.06. The molecule has 2 aromatic carbocycles. The lowest BCUT2D eigenvalue weighted by Crippen LogP contribution is -1.89. The molecule has 4 nitrogen and oxygen atoms in total. The fourth-order valence-corrected chi connectivity index (χ4v) is 4.01. The monoisotopic (exact) mass is 389 g/mol. The van der Waals surface area contributed by atoms with Gasteiger partial charge in [-0.15, -0.1) is 24.2 Å². The number of hydrogen-bond donors (Lipinski definition) is 1. The second kappa shape index (κ2) is 7.48. The number of benzene rings is 2. The predicted octanol–water partition coefficient (Wildman–Crippen LogP) is 5.60. The van der Waals surface area contributed by atoms with E-state index < -0.39 is 0 Å². The summed E-state index contributed by atoms with van der Waals surface area (Å²) in [7, 11) is 3.25. The van der Waals surface area contributed by atoms with Crippen molar-refractivity contribution in [3.8, 4) is 17.2 Å². The molecule has 0 aliphatic carbocycles. The van der Waals surface area contributed by atoms with Crippen molar-refractivity contribution in [2.45, 2.75) is 5.75 Å². The highest BCUT2D eigenvalue weighted by Gasteiger charge is 2.31. The molecule has 0 radical (unpaired) electrons. The van der Waals surface area contributed by atoms with Crippen LogP contribution in [-0.4, -0.2) is 19.3 Å². The minimum atomic E-state index is 0. The van der Waals surface area contributed by atoms with Crippen molar-refractivity contribution in [2.75, 3.05) is 14.2 Å². The third-order valence-corrected chi connectivity index (χ3v) is 5.28. The molecule has 1 aliphatic heterocycles. The average molecular weight is 390 g/mol. The molecule has 26 heavy (non-hydrogen) atoms. The smallest absolute Gasteiger partial charge is 0.371 e. The minimum Gasteiger partial charge on any atom is -0.507 e. The summed E-state index contributed by atoms with van der Waals surface area (Å²) >= 11 is 1.68. The van der Waals surface area contributed by atoms with Gasteiger partial charge in [0.05, 0.1) is 25.3 Å². The molecule has 0 unspecified atom stereocenters. The number of phenolic OH excluding ortho intramolecular Hbond substituents is 1. The van der Waals surface area contributed by atoms with E-state index in [0.717, 1.165) is 38.7 Å². The van der Waals surface area contributed by atoms with Gasteiger partial charge in [0.1, 0.15) is 27.5 Å². The fraction of sp³-hybridized carbons (Fsp3) is 0.150. The van der Waals surface area contributed by atoms with Gasteiger partial charge in [-0.1, -0.05) is 6.07 Å². The second-order valence-electron chi connectivity index (χ2n) is 5.66. The Hall–Kier alpha value is -2.37. The molecule has 3 aromatic rings. The molecule has 0 spiro atoms. The van der Waals surface area contributed by atoms with Crippen LogP contribution in [-0.2, 0) is 5.75 Å². The normalized spacial score (nSPS) is 14.2. The third kappa shape index (κ3) is 3.08. The van der Waals surface area contributed by atoms with Crippen LogP contribution in [0, 0.1) is 0 Å². The molecule has 0 amide bonds. The van der Waals surface area contributed by atoms with Gasteiger partial charge in [0.2, 0.25) is 0 Å². The predicted molar refractivity (Wildman–Crippen MR) is 108 cm³/mol. The summed E-state index contributed by atoms with van der Waals surface area (Å²) in [6.45, 7) is 0. The summed E-state index contributed by atoms with van der Waals surface area (Å²) in [5, 5.41) is 11.2. The number of halogens is 1. The number of hydrogen-bond acceptors (Lipinski definition) is 4. The van der Waals surface area contributed by atoms with Crippen LogP contribution >= 0.6 is 24.2 Å². The summed E-state index contributed by atoms with van der Waals surface area (Å²) in [4.78, 5) is 0.972. The Morgan fingerprint density at radius 2 is 1.81 bits per heavy atom. The largest absolute Gasteiger partial charge is 0.507 e. The zero-order valence-electron chi connectivity index (χ0n) is 14.3. The number of phenols is 1. The van der Waals surface area contributed by atoms with Gasteiger partial charge in [-0.25, -0.2) is 4.42 Å². The van der Waals surface area contributed by atoms with Gasteiger partial charge in [-0.2, -0.15) is 0 Å². The van der Waals surface area contributed by atoms with Crippen LogP contribution < -0.4 is 9.47 Å². The van der Waals surface area contributed by atoms with E-state index in [2.05, 4.69) is 6.07 Å². The summed E-state index contributed by atoms with van der Waals surface area (Å²) in [5.74, 6) is 3.26. The number of methoxy groups -OCH3 is 2. The highest BCUT2D eigenvalue weighted by Crippen LogP contribution is 2.46. The van der Waals surface area contributed by atoms with Crippen LogP contribution in [0.3, 0.4) is 0 Å². The molecular weight excluding hydrogens is 372 g/mol. The Balaban J connectivity index is 0.00000196. The van der Waals surface area contributed by atoms with Gasteiger partial charge < -0.3 is 14.6 Å². The van der Waals surface area contributed by atoms with Crippen LogP contribution in [0.15, 0.2) is 46.9 Å². The maximum Gasteiger partial charge on any atom is 0.371 e. The highest BCUT2D eigenvalue weighted by molar-refractivity contribution is 8.08. The molecule has 1 N–H and O–H groups in total. The molecule has 0 atom stereocenters. The molecule has 1 aromatic heterocycles. The standard InChI is InChI=1S/C20H16O4S.ClH/c1-22-16-6-3-5-15(21)13(16)10-19-20-12(11-25-19)9-14-17(23-2)7-4-8-18(14)24-20;/h3-10H,11H2,1-2H3;1H/p+1/b19-10-;. The Morgan fingerprint density at radius 1 is 1.08 bits per heavy atom. The van der Waals surface area contributed by atoms with Crippen molar-refractivity contribution in [1.29, 1.82) is 0 Å². The lowest BCUT2D eigenvalue weighted by molar-refractivity contribution is 0.406. The highest BCUT2D eigenvalue weighted by atomic mass is 35.5. The number of rotatable bonds is 3. The molecule has 0 bridgehead atoms. The average Bonchev–Trinajstić information content (AvgIpc) is 3.03. The van der Waals surface area contributed by atoms with E-state index in [1.54, 1.807) is 38.1 Å². The van der Waals surface area contributed by atoms with E-state index in [4.69, 9.17) is 13.9 Å². The molecule has 4 rings (SSSR count). The summed E-state index contributed by atoms with van der Waals surface area (Å²) in [6.07, 6.45) is 1.92. The molecule has 0 saturated carbocycles. The molecule has 2 heterocycles. The van der Waals surface area contributed by atoms with Gasteiger partial charge in [0.25, 0.3) is 0 Å². The first-order valence-corrected chi connectivity index (χ1v) is 8.83. The van der Waals surface area contributed by atoms with Crippen LogP contribution in [0.5, 0.6) is 17.2 Å². The molecule has 1 aliphatic rings. The minimum absolute atomic E-state index is 0. The fourth-order valence-electron chi connectivity index (χ4n) is 2.98. The molecule has 134 valence electrons. The van der Waals surface area contributed by atoms with E-state index in [0.29, 0.717) is 11.3 Å². The van der Waals surface area contributed by atoms with E-state index in [1.807, 2.05) is 30.3 Å². The molecule has 0 saturated heterocycles. The Kier molecular flexibility index (Phi) is 5.30. The quantitative estimate of drug-likeness (QED) is 0.590. The van der Waals surface area contributed by atoms with E-state index in [9.17, 15) is 5.11 Å². The SMILES string of the molecule is COc1cccc(O)c1/C=C1\SCc2cc3c(OC)cccc3[o+]c21.Cl. The Bertz CT molecular complexity index is 1000. The summed E-state index contributed by atoms with van der Waals surface area (Å²) < 4.78 is 16.9. The van der Waals surface area contributed by atoms with Crippen molar-refractivity contribution in [3.63, 3.8) is 0 Å². The zero-order valence-corrected chi connectivity index (χ0v) is 15.9. The number of thioether (sulfide) groups is 1. The summed E-state index contributed by atoms with van der Waals surface area (Å²) in [5.41, 5.74) is 2.54. The zero-order chi connectivity index (χ0) is 17.4. The van der Waals surface area contributed by atoms with Crippen LogP contribution in [0.4, 0.5) is 0 Å². The van der Waals surface area contributed by atoms with E-state index >= 15 is 0 Å². The summed E-state index contributed by atoms with van der Waals surface area (Å²) in [6, 6.07) is 13.1. The van der Waals surface area contributed by atoms with Gasteiger partial charge in [-0.3, -0.25) is 0 Å². The lowest BCUT2D eigenvalue weighted by atomic mass is 10.1. The van der Waals surface area contributed by atoms with E-state index in [1.165, 1.54) is 0 Å². The Morgan fingerprint density at radius 3 is 2.58 bits per heavy atom. The molecule has 6 heteroatoms. The van der Waals surface area contributed by atoms with Gasteiger partial charge in [0, 0.05) is 11.8 Å². The third-order valence-electron chi connectivity index (χ3n) is 4.21.